The normalized spacial score (nSPS) is 19.8. The molecule has 2 N–H and O–H groups in total. The van der Waals surface area contributed by atoms with Crippen LogP contribution < -0.4 is 10.2 Å². The molecular formula is C30H36ClF4N7O3S. The molecular weight excluding hydrogens is 650 g/mol. The van der Waals surface area contributed by atoms with E-state index in [0.29, 0.717) is 51.1 Å². The van der Waals surface area contributed by atoms with Gasteiger partial charge in [-0.2, -0.15) is 17.6 Å². The highest BCUT2D eigenvalue weighted by Crippen LogP contribution is 2.40. The molecule has 2 aliphatic heterocycles. The maximum Gasteiger partial charge on any atom is 0.417 e. The number of alkyl halides is 3. The number of methoxy groups -OCH3 is 1. The largest absolute Gasteiger partial charge is 0.481 e. The average molecular weight is 686 g/mol. The molecule has 2 saturated heterocycles. The fourth-order valence-electron chi connectivity index (χ4n) is 5.94. The Morgan fingerprint density at radius 3 is 2.72 bits per heavy atom. The summed E-state index contributed by atoms with van der Waals surface area (Å²) in [5, 5.41) is 11.9. The number of thiazole rings is 1. The third-order valence-electron chi connectivity index (χ3n) is 8.40. The molecule has 0 saturated carbocycles. The lowest BCUT2D eigenvalue weighted by molar-refractivity contribution is -0.138. The van der Waals surface area contributed by atoms with E-state index < -0.39 is 28.5 Å². The highest BCUT2D eigenvalue weighted by molar-refractivity contribution is 7.16. The number of nitrogens with one attached hydrogen (secondary N) is 1. The van der Waals surface area contributed by atoms with Crippen LogP contribution in [0, 0.1) is 5.82 Å². The first-order valence-electron chi connectivity index (χ1n) is 15.0. The molecule has 2 aromatic heterocycles. The van der Waals surface area contributed by atoms with Crippen molar-refractivity contribution in [1.29, 1.82) is 0 Å². The van der Waals surface area contributed by atoms with Crippen LogP contribution in [-0.4, -0.2) is 94.4 Å². The van der Waals surface area contributed by atoms with Gasteiger partial charge in [-0.25, -0.2) is 15.0 Å². The summed E-state index contributed by atoms with van der Waals surface area (Å²) in [5.41, 5.74) is -0.329. The fourth-order valence-corrected chi connectivity index (χ4v) is 7.18. The molecule has 46 heavy (non-hydrogen) atoms. The van der Waals surface area contributed by atoms with E-state index in [9.17, 15) is 18.0 Å². The number of halogens is 5. The van der Waals surface area contributed by atoms with Crippen LogP contribution in [0.2, 0.25) is 5.02 Å². The number of carboxylic acid groups (broad SMARTS) is 1. The molecule has 1 aromatic carbocycles. The number of carbonyl (C=O) groups is 1. The molecule has 0 spiro atoms. The molecule has 250 valence electrons. The van der Waals surface area contributed by atoms with Crippen molar-refractivity contribution >= 4 is 45.7 Å². The third kappa shape index (κ3) is 8.05. The minimum atomic E-state index is -4.64. The lowest BCUT2D eigenvalue weighted by atomic mass is 10.0. The van der Waals surface area contributed by atoms with Crippen LogP contribution in [0.15, 0.2) is 24.5 Å². The molecule has 4 heterocycles. The Morgan fingerprint density at radius 2 is 2.00 bits per heavy atom. The number of ether oxygens (including phenoxy) is 1. The van der Waals surface area contributed by atoms with E-state index in [4.69, 9.17) is 21.4 Å². The number of hydrogen-bond donors (Lipinski definition) is 2. The van der Waals surface area contributed by atoms with Gasteiger partial charge in [-0.05, 0) is 38.4 Å². The molecule has 2 atom stereocenters. The van der Waals surface area contributed by atoms with Crippen LogP contribution in [0.5, 0.6) is 0 Å². The maximum absolute atomic E-state index is 16.0. The number of anilines is 3. The summed E-state index contributed by atoms with van der Waals surface area (Å²) in [6.07, 6.45) is -0.259. The number of nitrogens with zero attached hydrogens (tertiary/aromatic N) is 6. The Labute approximate surface area is 273 Å². The van der Waals surface area contributed by atoms with E-state index in [1.54, 1.807) is 12.0 Å². The van der Waals surface area contributed by atoms with Crippen molar-refractivity contribution in [3.05, 3.63) is 45.8 Å². The first kappa shape index (κ1) is 34.2. The number of rotatable bonds is 11. The first-order valence-corrected chi connectivity index (χ1v) is 16.2. The van der Waals surface area contributed by atoms with Crippen LogP contribution in [0.25, 0.3) is 11.3 Å². The Kier molecular flexibility index (Phi) is 11.0. The van der Waals surface area contributed by atoms with Gasteiger partial charge in [0.25, 0.3) is 0 Å². The Bertz CT molecular complexity index is 1530. The van der Waals surface area contributed by atoms with Gasteiger partial charge in [-0.15, -0.1) is 0 Å². The SMILES string of the molecule is COC[C@@H]1CN(c2ncnc(Nc3nc(-c4ccc(Cl)c(C(F)(F)F)c4)c(CN4CCCC[C@H]4C)s3)c2F)CCN1CCC(=O)O. The van der Waals surface area contributed by atoms with Crippen LogP contribution >= 0.6 is 22.9 Å². The molecule has 0 amide bonds. The number of piperazine rings is 1. The van der Waals surface area contributed by atoms with E-state index in [-0.39, 0.29) is 34.8 Å². The first-order chi connectivity index (χ1) is 21.9. The second-order valence-corrected chi connectivity index (χ2v) is 13.0. The Hall–Kier alpha value is -3.11. The van der Waals surface area contributed by atoms with Crippen LogP contribution in [-0.2, 0) is 22.3 Å². The predicted octanol–water partition coefficient (Wildman–Crippen LogP) is 6.14. The monoisotopic (exact) mass is 685 g/mol. The van der Waals surface area contributed by atoms with Crippen LogP contribution in [0.1, 0.15) is 43.0 Å². The lowest BCUT2D eigenvalue weighted by Crippen LogP contribution is -2.55. The molecule has 5 rings (SSSR count). The molecule has 2 aliphatic rings. The molecule has 0 bridgehead atoms. The van der Waals surface area contributed by atoms with Gasteiger partial charge >= 0.3 is 12.1 Å². The molecule has 0 radical (unpaired) electrons. The average Bonchev–Trinajstić information content (AvgIpc) is 3.40. The molecule has 10 nitrogen and oxygen atoms in total. The van der Waals surface area contributed by atoms with Gasteiger partial charge in [0.1, 0.15) is 6.33 Å². The molecule has 2 fully saturated rings. The summed E-state index contributed by atoms with van der Waals surface area (Å²) in [7, 11) is 1.55. The van der Waals surface area contributed by atoms with Crippen molar-refractivity contribution in [3.63, 3.8) is 0 Å². The minimum Gasteiger partial charge on any atom is -0.481 e. The van der Waals surface area contributed by atoms with Crippen LogP contribution in [0.4, 0.5) is 34.3 Å². The summed E-state index contributed by atoms with van der Waals surface area (Å²) >= 11 is 7.14. The Morgan fingerprint density at radius 1 is 1.20 bits per heavy atom. The maximum atomic E-state index is 16.0. The van der Waals surface area contributed by atoms with Gasteiger partial charge in [-0.1, -0.05) is 35.4 Å². The number of piperidine rings is 1. The summed E-state index contributed by atoms with van der Waals surface area (Å²) in [6.45, 7) is 5.39. The van der Waals surface area contributed by atoms with Crippen molar-refractivity contribution < 1.29 is 32.2 Å². The number of aliphatic carboxylic acids is 1. The van der Waals surface area contributed by atoms with Crippen LogP contribution in [0.3, 0.4) is 0 Å². The van der Waals surface area contributed by atoms with Crippen molar-refractivity contribution in [1.82, 2.24) is 24.8 Å². The van der Waals surface area contributed by atoms with E-state index in [1.807, 2.05) is 4.90 Å². The fraction of sp³-hybridized carbons (Fsp3) is 0.533. The lowest BCUT2D eigenvalue weighted by Gasteiger charge is -2.41. The zero-order valence-corrected chi connectivity index (χ0v) is 27.1. The quantitative estimate of drug-likeness (QED) is 0.229. The molecule has 3 aromatic rings. The highest BCUT2D eigenvalue weighted by atomic mass is 35.5. The van der Waals surface area contributed by atoms with Crippen molar-refractivity contribution in [2.75, 3.05) is 56.7 Å². The predicted molar refractivity (Wildman–Crippen MR) is 168 cm³/mol. The number of aromatic nitrogens is 3. The second-order valence-electron chi connectivity index (χ2n) is 11.5. The molecule has 0 aliphatic carbocycles. The third-order valence-corrected chi connectivity index (χ3v) is 9.69. The summed E-state index contributed by atoms with van der Waals surface area (Å²) in [4.78, 5) is 30.9. The van der Waals surface area contributed by atoms with E-state index >= 15 is 4.39 Å². The Balaban J connectivity index is 1.43. The zero-order chi connectivity index (χ0) is 33.0. The van der Waals surface area contributed by atoms with Crippen molar-refractivity contribution in [2.24, 2.45) is 0 Å². The van der Waals surface area contributed by atoms with Gasteiger partial charge in [0.05, 0.1) is 35.3 Å². The summed E-state index contributed by atoms with van der Waals surface area (Å²) < 4.78 is 62.5. The zero-order valence-electron chi connectivity index (χ0n) is 25.5. The van der Waals surface area contributed by atoms with Crippen molar-refractivity contribution in [3.8, 4) is 11.3 Å². The number of hydrogen-bond acceptors (Lipinski definition) is 10. The van der Waals surface area contributed by atoms with Gasteiger partial charge in [0.15, 0.2) is 16.8 Å². The smallest absolute Gasteiger partial charge is 0.417 e. The number of carboxylic acids is 1. The highest BCUT2D eigenvalue weighted by Gasteiger charge is 2.34. The summed E-state index contributed by atoms with van der Waals surface area (Å²) in [6, 6.07) is 3.85. The van der Waals surface area contributed by atoms with Crippen molar-refractivity contribution in [2.45, 2.75) is 57.4 Å². The minimum absolute atomic E-state index is 0.0157. The standard InChI is InChI=1S/C30H36ClF4N7O3S/c1-18-5-3-4-9-41(18)15-23-26(19-6-7-22(31)21(13-19)30(33,34)35)38-29(46-23)39-27-25(32)28(37-17-36-27)42-12-11-40(10-8-24(43)44)20(14-42)16-45-2/h6-7,13,17-18,20H,3-5,8-12,14-16H2,1-2H3,(H,43,44)(H,36,37,38,39)/t18-,20+/m1/s1. The summed E-state index contributed by atoms with van der Waals surface area (Å²) in [5.74, 6) is -1.64. The topological polar surface area (TPSA) is 107 Å². The van der Waals surface area contributed by atoms with E-state index in [1.165, 1.54) is 29.8 Å². The number of benzene rings is 1. The second kappa shape index (κ2) is 14.8. The molecule has 0 unspecified atom stereocenters. The van der Waals surface area contributed by atoms with Gasteiger partial charge in [-0.3, -0.25) is 14.6 Å². The molecule has 16 heteroatoms. The van der Waals surface area contributed by atoms with Gasteiger partial charge < -0.3 is 20.1 Å². The van der Waals surface area contributed by atoms with E-state index in [0.717, 1.165) is 36.8 Å². The van der Waals surface area contributed by atoms with E-state index in [2.05, 4.69) is 32.1 Å². The van der Waals surface area contributed by atoms with Gasteiger partial charge in [0, 0.05) is 56.3 Å². The van der Waals surface area contributed by atoms with Gasteiger partial charge in [0.2, 0.25) is 5.82 Å². The number of likely N-dealkylation sites (tertiary alicyclic amines) is 1.